The molecule has 5 heteroatoms. The zero-order valence-corrected chi connectivity index (χ0v) is 14.2. The molecule has 4 nitrogen and oxygen atoms in total. The monoisotopic (exact) mass is 349 g/mol. The van der Waals surface area contributed by atoms with Gasteiger partial charge >= 0.3 is 0 Å². The van der Waals surface area contributed by atoms with E-state index in [1.165, 1.54) is 11.3 Å². The Balaban J connectivity index is 1.50. The van der Waals surface area contributed by atoms with Gasteiger partial charge in [-0.3, -0.25) is 4.79 Å². The van der Waals surface area contributed by atoms with Crippen molar-refractivity contribution < 1.29 is 4.79 Å². The molecule has 0 atom stereocenters. The summed E-state index contributed by atoms with van der Waals surface area (Å²) in [5.41, 5.74) is 4.10. The highest BCUT2D eigenvalue weighted by Gasteiger charge is 2.19. The fourth-order valence-corrected chi connectivity index (χ4v) is 3.23. The molecular formula is C20H16ClN3O. The minimum atomic E-state index is -0.228. The molecule has 25 heavy (non-hydrogen) atoms. The van der Waals surface area contributed by atoms with Crippen molar-refractivity contribution in [2.75, 3.05) is 16.8 Å². The average molecular weight is 350 g/mol. The molecular weight excluding hydrogens is 334 g/mol. The highest BCUT2D eigenvalue weighted by molar-refractivity contribution is 6.31. The summed E-state index contributed by atoms with van der Waals surface area (Å²) in [6, 6.07) is 19.0. The molecule has 4 rings (SSSR count). The lowest BCUT2D eigenvalue weighted by Crippen LogP contribution is -2.15. The van der Waals surface area contributed by atoms with Crippen LogP contribution < -0.4 is 10.2 Å². The van der Waals surface area contributed by atoms with Crippen LogP contribution in [0.4, 0.5) is 17.2 Å². The van der Waals surface area contributed by atoms with Crippen molar-refractivity contribution in [2.45, 2.75) is 6.42 Å². The van der Waals surface area contributed by atoms with E-state index in [4.69, 9.17) is 11.6 Å². The number of benzene rings is 2. The minimum Gasteiger partial charge on any atom is -0.340 e. The van der Waals surface area contributed by atoms with E-state index >= 15 is 0 Å². The number of nitrogens with zero attached hydrogens (tertiary/aromatic N) is 2. The Morgan fingerprint density at radius 1 is 1.08 bits per heavy atom. The SMILES string of the molecule is O=C(Nc1ccc(N2CCc3ccccc32)cn1)c1cccc(Cl)c1. The molecule has 0 fully saturated rings. The Hall–Kier alpha value is -2.85. The maximum Gasteiger partial charge on any atom is 0.256 e. The van der Waals surface area contributed by atoms with E-state index in [0.717, 1.165) is 18.7 Å². The molecule has 0 aliphatic carbocycles. The van der Waals surface area contributed by atoms with Gasteiger partial charge in [0.2, 0.25) is 0 Å². The largest absolute Gasteiger partial charge is 0.340 e. The van der Waals surface area contributed by atoms with Crippen LogP contribution in [0.1, 0.15) is 15.9 Å². The van der Waals surface area contributed by atoms with Gasteiger partial charge in [-0.25, -0.2) is 4.98 Å². The molecule has 0 saturated carbocycles. The van der Waals surface area contributed by atoms with Gasteiger partial charge in [-0.05, 0) is 48.4 Å². The van der Waals surface area contributed by atoms with Crippen LogP contribution in [0.3, 0.4) is 0 Å². The summed E-state index contributed by atoms with van der Waals surface area (Å²) in [6.07, 6.45) is 2.82. The summed E-state index contributed by atoms with van der Waals surface area (Å²) < 4.78 is 0. The lowest BCUT2D eigenvalue weighted by Gasteiger charge is -2.19. The Bertz CT molecular complexity index is 924. The van der Waals surface area contributed by atoms with Crippen molar-refractivity contribution in [2.24, 2.45) is 0 Å². The van der Waals surface area contributed by atoms with Crippen LogP contribution in [-0.2, 0) is 6.42 Å². The number of rotatable bonds is 3. The Labute approximate surface area is 151 Å². The van der Waals surface area contributed by atoms with Crippen LogP contribution >= 0.6 is 11.6 Å². The molecule has 1 aliphatic heterocycles. The maximum atomic E-state index is 12.3. The van der Waals surface area contributed by atoms with Gasteiger partial charge in [-0.1, -0.05) is 35.9 Å². The molecule has 124 valence electrons. The summed E-state index contributed by atoms with van der Waals surface area (Å²) in [5, 5.41) is 3.33. The second-order valence-corrected chi connectivity index (χ2v) is 6.33. The number of pyridine rings is 1. The Morgan fingerprint density at radius 2 is 1.96 bits per heavy atom. The number of carbonyl (C=O) groups excluding carboxylic acids is 1. The van der Waals surface area contributed by atoms with E-state index < -0.39 is 0 Å². The molecule has 0 saturated heterocycles. The number of para-hydroxylation sites is 1. The summed E-state index contributed by atoms with van der Waals surface area (Å²) in [7, 11) is 0. The second kappa shape index (κ2) is 6.57. The van der Waals surface area contributed by atoms with Gasteiger partial charge in [-0.2, -0.15) is 0 Å². The molecule has 0 bridgehead atoms. The number of amides is 1. The van der Waals surface area contributed by atoms with Crippen molar-refractivity contribution in [3.05, 3.63) is 83.0 Å². The van der Waals surface area contributed by atoms with Crippen LogP contribution in [-0.4, -0.2) is 17.4 Å². The van der Waals surface area contributed by atoms with Crippen LogP contribution in [0, 0.1) is 0 Å². The molecule has 0 radical (unpaired) electrons. The third-order valence-electron chi connectivity index (χ3n) is 4.28. The molecule has 1 amide bonds. The van der Waals surface area contributed by atoms with Crippen molar-refractivity contribution in [3.63, 3.8) is 0 Å². The summed E-state index contributed by atoms with van der Waals surface area (Å²) in [5.74, 6) is 0.287. The Morgan fingerprint density at radius 3 is 2.76 bits per heavy atom. The molecule has 2 heterocycles. The van der Waals surface area contributed by atoms with Crippen molar-refractivity contribution in [1.82, 2.24) is 4.98 Å². The third kappa shape index (κ3) is 3.21. The minimum absolute atomic E-state index is 0.228. The number of nitrogens with one attached hydrogen (secondary N) is 1. The van der Waals surface area contributed by atoms with E-state index in [9.17, 15) is 4.79 Å². The number of carbonyl (C=O) groups is 1. The molecule has 0 unspecified atom stereocenters. The predicted octanol–water partition coefficient (Wildman–Crippen LogP) is 4.68. The molecule has 1 aliphatic rings. The number of anilines is 3. The van der Waals surface area contributed by atoms with Crippen molar-refractivity contribution in [1.29, 1.82) is 0 Å². The highest BCUT2D eigenvalue weighted by atomic mass is 35.5. The third-order valence-corrected chi connectivity index (χ3v) is 4.51. The molecule has 3 aromatic rings. The molecule has 0 spiro atoms. The number of fused-ring (bicyclic) bond motifs is 1. The first-order chi connectivity index (χ1) is 12.2. The summed E-state index contributed by atoms with van der Waals surface area (Å²) in [6.45, 7) is 0.940. The predicted molar refractivity (Wildman–Crippen MR) is 101 cm³/mol. The molecule has 1 N–H and O–H groups in total. The van der Waals surface area contributed by atoms with E-state index in [2.05, 4.69) is 33.4 Å². The van der Waals surface area contributed by atoms with Crippen LogP contribution in [0.5, 0.6) is 0 Å². The maximum absolute atomic E-state index is 12.3. The first-order valence-corrected chi connectivity index (χ1v) is 8.47. The average Bonchev–Trinajstić information content (AvgIpc) is 3.06. The number of hydrogen-bond acceptors (Lipinski definition) is 3. The second-order valence-electron chi connectivity index (χ2n) is 5.90. The van der Waals surface area contributed by atoms with E-state index in [-0.39, 0.29) is 5.91 Å². The zero-order chi connectivity index (χ0) is 17.2. The van der Waals surface area contributed by atoms with Gasteiger partial charge in [0.05, 0.1) is 11.9 Å². The van der Waals surface area contributed by atoms with Crippen LogP contribution in [0.15, 0.2) is 66.9 Å². The van der Waals surface area contributed by atoms with Gasteiger partial charge in [0.25, 0.3) is 5.91 Å². The van der Waals surface area contributed by atoms with E-state index in [0.29, 0.717) is 16.4 Å². The number of aromatic nitrogens is 1. The zero-order valence-electron chi connectivity index (χ0n) is 13.4. The fourth-order valence-electron chi connectivity index (χ4n) is 3.04. The normalized spacial score (nSPS) is 12.8. The lowest BCUT2D eigenvalue weighted by atomic mass is 10.2. The van der Waals surface area contributed by atoms with Crippen LogP contribution in [0.25, 0.3) is 0 Å². The lowest BCUT2D eigenvalue weighted by molar-refractivity contribution is 0.102. The number of halogens is 1. The standard InChI is InChI=1S/C20H16ClN3O/c21-16-6-3-5-15(12-16)20(25)23-19-9-8-17(13-22-19)24-11-10-14-4-1-2-7-18(14)24/h1-9,12-13H,10-11H2,(H,22,23,25). The first-order valence-electron chi connectivity index (χ1n) is 8.09. The Kier molecular flexibility index (Phi) is 4.12. The number of hydrogen-bond donors (Lipinski definition) is 1. The first kappa shape index (κ1) is 15.7. The van der Waals surface area contributed by atoms with E-state index in [1.807, 2.05) is 18.2 Å². The molecule has 2 aromatic carbocycles. The van der Waals surface area contributed by atoms with Gasteiger partial charge in [0, 0.05) is 22.8 Å². The van der Waals surface area contributed by atoms with Gasteiger partial charge in [-0.15, -0.1) is 0 Å². The fraction of sp³-hybridized carbons (Fsp3) is 0.100. The summed E-state index contributed by atoms with van der Waals surface area (Å²) >= 11 is 5.93. The topological polar surface area (TPSA) is 45.2 Å². The van der Waals surface area contributed by atoms with Crippen molar-refractivity contribution in [3.8, 4) is 0 Å². The smallest absolute Gasteiger partial charge is 0.256 e. The summed E-state index contributed by atoms with van der Waals surface area (Å²) in [4.78, 5) is 18.9. The van der Waals surface area contributed by atoms with E-state index in [1.54, 1.807) is 30.5 Å². The highest BCUT2D eigenvalue weighted by Crippen LogP contribution is 2.34. The van der Waals surface area contributed by atoms with Gasteiger partial charge in [0.1, 0.15) is 5.82 Å². The van der Waals surface area contributed by atoms with Crippen LogP contribution in [0.2, 0.25) is 5.02 Å². The van der Waals surface area contributed by atoms with Gasteiger partial charge < -0.3 is 10.2 Å². The molecule has 1 aromatic heterocycles. The van der Waals surface area contributed by atoms with Crippen molar-refractivity contribution >= 4 is 34.7 Å². The quantitative estimate of drug-likeness (QED) is 0.746. The van der Waals surface area contributed by atoms with Gasteiger partial charge in [0.15, 0.2) is 0 Å².